The zero-order valence-corrected chi connectivity index (χ0v) is 9.20. The fourth-order valence-corrected chi connectivity index (χ4v) is 1.39. The Bertz CT molecular complexity index is 385. The van der Waals surface area contributed by atoms with Crippen molar-refractivity contribution < 1.29 is 9.59 Å². The van der Waals surface area contributed by atoms with Crippen molar-refractivity contribution in [1.29, 1.82) is 0 Å². The molecule has 1 unspecified atom stereocenters. The standard InChI is InChI=1S/C12H15NO2/c1-8(12(15)13-3)10-5-4-6-11(7-10)9(2)14/h4-8H,1-3H3,(H,13,15). The van der Waals surface area contributed by atoms with E-state index in [1.54, 1.807) is 25.2 Å². The number of ketones is 1. The summed E-state index contributed by atoms with van der Waals surface area (Å²) in [6, 6.07) is 7.17. The summed E-state index contributed by atoms with van der Waals surface area (Å²) in [5.74, 6) is -0.258. The fourth-order valence-electron chi connectivity index (χ4n) is 1.39. The van der Waals surface area contributed by atoms with Gasteiger partial charge in [0, 0.05) is 12.6 Å². The van der Waals surface area contributed by atoms with E-state index in [1.807, 2.05) is 13.0 Å². The van der Waals surface area contributed by atoms with Crippen LogP contribution in [0.25, 0.3) is 0 Å². The summed E-state index contributed by atoms with van der Waals surface area (Å²) in [6.45, 7) is 3.34. The van der Waals surface area contributed by atoms with Crippen LogP contribution in [-0.4, -0.2) is 18.7 Å². The summed E-state index contributed by atoms with van der Waals surface area (Å²) < 4.78 is 0. The first-order valence-corrected chi connectivity index (χ1v) is 4.88. The van der Waals surface area contributed by atoms with E-state index in [0.717, 1.165) is 5.56 Å². The zero-order chi connectivity index (χ0) is 11.4. The lowest BCUT2D eigenvalue weighted by molar-refractivity contribution is -0.121. The van der Waals surface area contributed by atoms with Gasteiger partial charge in [-0.2, -0.15) is 0 Å². The molecule has 0 aliphatic rings. The van der Waals surface area contributed by atoms with Gasteiger partial charge in [-0.05, 0) is 25.5 Å². The molecule has 0 bridgehead atoms. The molecule has 80 valence electrons. The molecule has 1 rings (SSSR count). The summed E-state index contributed by atoms with van der Waals surface area (Å²) in [7, 11) is 1.60. The van der Waals surface area contributed by atoms with E-state index in [9.17, 15) is 9.59 Å². The van der Waals surface area contributed by atoms with Gasteiger partial charge in [0.15, 0.2) is 5.78 Å². The lowest BCUT2D eigenvalue weighted by atomic mass is 9.97. The topological polar surface area (TPSA) is 46.2 Å². The van der Waals surface area contributed by atoms with Crippen molar-refractivity contribution in [2.45, 2.75) is 19.8 Å². The summed E-state index contributed by atoms with van der Waals surface area (Å²) in [4.78, 5) is 22.6. The Hall–Kier alpha value is -1.64. The first kappa shape index (κ1) is 11.4. The van der Waals surface area contributed by atoms with Crippen molar-refractivity contribution in [3.63, 3.8) is 0 Å². The number of nitrogens with one attached hydrogen (secondary N) is 1. The number of benzene rings is 1. The van der Waals surface area contributed by atoms with Crippen LogP contribution in [0.2, 0.25) is 0 Å². The van der Waals surface area contributed by atoms with Gasteiger partial charge in [-0.15, -0.1) is 0 Å². The minimum absolute atomic E-state index is 0.0148. The summed E-state index contributed by atoms with van der Waals surface area (Å²) in [5, 5.41) is 2.59. The third-order valence-corrected chi connectivity index (χ3v) is 2.43. The number of hydrogen-bond donors (Lipinski definition) is 1. The summed E-state index contributed by atoms with van der Waals surface area (Å²) in [6.07, 6.45) is 0. The second-order valence-corrected chi connectivity index (χ2v) is 3.52. The highest BCUT2D eigenvalue weighted by Crippen LogP contribution is 2.16. The molecule has 0 saturated carbocycles. The van der Waals surface area contributed by atoms with Crippen LogP contribution in [0, 0.1) is 0 Å². The average Bonchev–Trinajstić information content (AvgIpc) is 2.27. The lowest BCUT2D eigenvalue weighted by Gasteiger charge is -2.10. The van der Waals surface area contributed by atoms with Gasteiger partial charge < -0.3 is 5.32 Å². The van der Waals surface area contributed by atoms with Crippen LogP contribution in [0.15, 0.2) is 24.3 Å². The van der Waals surface area contributed by atoms with Crippen molar-refractivity contribution in [3.05, 3.63) is 35.4 Å². The molecule has 0 saturated heterocycles. The van der Waals surface area contributed by atoms with Crippen molar-refractivity contribution in [3.8, 4) is 0 Å². The van der Waals surface area contributed by atoms with E-state index in [4.69, 9.17) is 0 Å². The predicted octanol–water partition coefficient (Wildman–Crippen LogP) is 1.74. The lowest BCUT2D eigenvalue weighted by Crippen LogP contribution is -2.23. The number of carbonyl (C=O) groups is 2. The molecule has 0 aromatic heterocycles. The molecule has 1 N–H and O–H groups in total. The van der Waals surface area contributed by atoms with Gasteiger partial charge in [-0.1, -0.05) is 18.2 Å². The van der Waals surface area contributed by atoms with Gasteiger partial charge in [0.05, 0.1) is 5.92 Å². The summed E-state index contributed by atoms with van der Waals surface area (Å²) >= 11 is 0. The van der Waals surface area contributed by atoms with E-state index in [1.165, 1.54) is 6.92 Å². The van der Waals surface area contributed by atoms with E-state index in [2.05, 4.69) is 5.32 Å². The van der Waals surface area contributed by atoms with Crippen LogP contribution in [0.1, 0.15) is 35.7 Å². The number of likely N-dealkylation sites (N-methyl/N-ethyl adjacent to an activating group) is 1. The van der Waals surface area contributed by atoms with Gasteiger partial charge in [-0.3, -0.25) is 9.59 Å². The largest absolute Gasteiger partial charge is 0.359 e. The minimum Gasteiger partial charge on any atom is -0.359 e. The average molecular weight is 205 g/mol. The fraction of sp³-hybridized carbons (Fsp3) is 0.333. The second-order valence-electron chi connectivity index (χ2n) is 3.52. The zero-order valence-electron chi connectivity index (χ0n) is 9.20. The van der Waals surface area contributed by atoms with Crippen molar-refractivity contribution in [1.82, 2.24) is 5.32 Å². The summed E-state index contributed by atoms with van der Waals surface area (Å²) in [5.41, 5.74) is 1.50. The van der Waals surface area contributed by atoms with Crippen LogP contribution in [0.5, 0.6) is 0 Å². The van der Waals surface area contributed by atoms with Crippen LogP contribution in [0.3, 0.4) is 0 Å². The predicted molar refractivity (Wildman–Crippen MR) is 58.9 cm³/mol. The highest BCUT2D eigenvalue weighted by molar-refractivity contribution is 5.94. The number of rotatable bonds is 3. The smallest absolute Gasteiger partial charge is 0.227 e. The molecule has 1 amide bonds. The highest BCUT2D eigenvalue weighted by Gasteiger charge is 2.14. The van der Waals surface area contributed by atoms with E-state index >= 15 is 0 Å². The first-order chi connectivity index (χ1) is 7.06. The maximum Gasteiger partial charge on any atom is 0.227 e. The molecule has 15 heavy (non-hydrogen) atoms. The molecule has 3 nitrogen and oxygen atoms in total. The SMILES string of the molecule is CNC(=O)C(C)c1cccc(C(C)=O)c1. The Morgan fingerprint density at radius 2 is 2.00 bits per heavy atom. The molecule has 0 aliphatic heterocycles. The Kier molecular flexibility index (Phi) is 3.61. The molecular formula is C12H15NO2. The third-order valence-electron chi connectivity index (χ3n) is 2.43. The maximum absolute atomic E-state index is 11.4. The number of hydrogen-bond acceptors (Lipinski definition) is 2. The maximum atomic E-state index is 11.4. The van der Waals surface area contributed by atoms with E-state index in [0.29, 0.717) is 5.56 Å². The van der Waals surface area contributed by atoms with Crippen molar-refractivity contribution in [2.75, 3.05) is 7.05 Å². The van der Waals surface area contributed by atoms with Crippen LogP contribution in [0.4, 0.5) is 0 Å². The molecule has 1 aromatic carbocycles. The van der Waals surface area contributed by atoms with E-state index in [-0.39, 0.29) is 17.6 Å². The molecule has 1 atom stereocenters. The monoisotopic (exact) mass is 205 g/mol. The van der Waals surface area contributed by atoms with Crippen LogP contribution >= 0.6 is 0 Å². The van der Waals surface area contributed by atoms with E-state index < -0.39 is 0 Å². The van der Waals surface area contributed by atoms with Gasteiger partial charge in [-0.25, -0.2) is 0 Å². The van der Waals surface area contributed by atoms with Gasteiger partial charge in [0.25, 0.3) is 0 Å². The number of carbonyl (C=O) groups excluding carboxylic acids is 2. The first-order valence-electron chi connectivity index (χ1n) is 4.88. The van der Waals surface area contributed by atoms with Gasteiger partial charge in [0.1, 0.15) is 0 Å². The van der Waals surface area contributed by atoms with Crippen LogP contribution in [-0.2, 0) is 4.79 Å². The third kappa shape index (κ3) is 2.65. The molecule has 0 heterocycles. The van der Waals surface area contributed by atoms with Crippen molar-refractivity contribution in [2.24, 2.45) is 0 Å². The molecule has 1 aromatic rings. The number of amides is 1. The molecule has 0 aliphatic carbocycles. The van der Waals surface area contributed by atoms with Crippen molar-refractivity contribution >= 4 is 11.7 Å². The Labute approximate surface area is 89.5 Å². The Morgan fingerprint density at radius 3 is 2.53 bits per heavy atom. The number of Topliss-reactive ketones (excluding diaryl/α,β-unsaturated/α-hetero) is 1. The molecule has 3 heteroatoms. The Morgan fingerprint density at radius 1 is 1.33 bits per heavy atom. The molecular weight excluding hydrogens is 190 g/mol. The second kappa shape index (κ2) is 4.73. The minimum atomic E-state index is -0.228. The molecule has 0 radical (unpaired) electrons. The van der Waals surface area contributed by atoms with Crippen LogP contribution < -0.4 is 5.32 Å². The Balaban J connectivity index is 3.00. The molecule has 0 spiro atoms. The van der Waals surface area contributed by atoms with Gasteiger partial charge in [0.2, 0.25) is 5.91 Å². The normalized spacial score (nSPS) is 11.9. The molecule has 0 fully saturated rings. The quantitative estimate of drug-likeness (QED) is 0.764. The highest BCUT2D eigenvalue weighted by atomic mass is 16.1. The van der Waals surface area contributed by atoms with Gasteiger partial charge >= 0.3 is 0 Å².